The molecule has 2 atom stereocenters. The molecule has 0 saturated heterocycles. The molecule has 2 heterocycles. The molecule has 298 valence electrons. The van der Waals surface area contributed by atoms with Crippen LogP contribution in [0.1, 0.15) is 81.7 Å². The van der Waals surface area contributed by atoms with E-state index in [1.54, 1.807) is 48.5 Å². The summed E-state index contributed by atoms with van der Waals surface area (Å²) in [7, 11) is -8.72. The van der Waals surface area contributed by atoms with Crippen molar-refractivity contribution in [2.75, 3.05) is 18.4 Å². The van der Waals surface area contributed by atoms with Crippen LogP contribution in [-0.2, 0) is 32.8 Å². The molecule has 0 saturated carbocycles. The number of benzene rings is 4. The predicted molar refractivity (Wildman–Crippen MR) is 222 cm³/mol. The van der Waals surface area contributed by atoms with Gasteiger partial charge in [-0.05, 0) is 99.4 Å². The predicted octanol–water partition coefficient (Wildman–Crippen LogP) is 7.77. The van der Waals surface area contributed by atoms with Crippen LogP contribution in [-0.4, -0.2) is 65.6 Å². The number of rotatable bonds is 18. The van der Waals surface area contributed by atoms with E-state index < -0.39 is 30.4 Å². The summed E-state index contributed by atoms with van der Waals surface area (Å²) in [6.07, 6.45) is 8.01. The second-order valence-electron chi connectivity index (χ2n) is 14.2. The van der Waals surface area contributed by atoms with E-state index >= 15 is 0 Å². The van der Waals surface area contributed by atoms with Crippen molar-refractivity contribution in [1.82, 2.24) is 29.7 Å². The maximum absolute atomic E-state index is 14.8. The van der Waals surface area contributed by atoms with Gasteiger partial charge in [0.15, 0.2) is 10.7 Å². The maximum atomic E-state index is 14.8. The first-order valence-electron chi connectivity index (χ1n) is 19.0. The zero-order chi connectivity index (χ0) is 40.6. The Labute approximate surface area is 335 Å². The number of nitrogens with zero attached hydrogens (tertiary/aromatic N) is 4. The van der Waals surface area contributed by atoms with Crippen molar-refractivity contribution in [2.45, 2.75) is 74.2 Å². The number of H-pyrrole nitrogens is 2. The number of aromatic nitrogens is 4. The van der Waals surface area contributed by atoms with Gasteiger partial charge in [0.05, 0.1) is 9.79 Å². The van der Waals surface area contributed by atoms with Crippen LogP contribution in [0.15, 0.2) is 132 Å². The van der Waals surface area contributed by atoms with Gasteiger partial charge in [-0.25, -0.2) is 26.8 Å². The van der Waals surface area contributed by atoms with Gasteiger partial charge >= 0.3 is 0 Å². The van der Waals surface area contributed by atoms with E-state index in [2.05, 4.69) is 44.0 Å². The summed E-state index contributed by atoms with van der Waals surface area (Å²) in [5.74, 6) is -0.274. The van der Waals surface area contributed by atoms with E-state index in [1.807, 2.05) is 38.1 Å². The number of aryl methyl sites for hydroxylation is 2. The maximum Gasteiger partial charge on any atom is 0.255 e. The van der Waals surface area contributed by atoms with Crippen molar-refractivity contribution < 1.29 is 21.6 Å². The molecule has 57 heavy (non-hydrogen) atoms. The molecule has 0 bridgehead atoms. The molecule has 1 amide bonds. The van der Waals surface area contributed by atoms with Gasteiger partial charge in [-0.2, -0.15) is 0 Å². The van der Waals surface area contributed by atoms with Gasteiger partial charge in [-0.3, -0.25) is 14.6 Å². The molecule has 0 radical (unpaired) electrons. The normalized spacial score (nSPS) is 13.2. The van der Waals surface area contributed by atoms with Gasteiger partial charge in [-0.1, -0.05) is 73.5 Å². The Morgan fingerprint density at radius 2 is 1.07 bits per heavy atom. The lowest BCUT2D eigenvalue weighted by Gasteiger charge is -2.35. The molecule has 6 rings (SSSR count). The molecule has 2 aromatic heterocycles. The van der Waals surface area contributed by atoms with Gasteiger partial charge in [0, 0.05) is 49.1 Å². The zero-order valence-corrected chi connectivity index (χ0v) is 34.2. The molecule has 14 heteroatoms. The van der Waals surface area contributed by atoms with Crippen LogP contribution < -0.4 is 5.32 Å². The Bertz CT molecular complexity index is 2300. The summed E-state index contributed by atoms with van der Waals surface area (Å²) in [5.41, 5.74) is 4.46. The highest BCUT2D eigenvalue weighted by Crippen LogP contribution is 2.41. The van der Waals surface area contributed by atoms with Crippen LogP contribution in [0.2, 0.25) is 0 Å². The number of anilines is 1. The summed E-state index contributed by atoms with van der Waals surface area (Å²) in [5, 5.41) is -0.276. The van der Waals surface area contributed by atoms with Crippen molar-refractivity contribution in [3.05, 3.63) is 161 Å². The number of amides is 1. The van der Waals surface area contributed by atoms with E-state index in [-0.39, 0.29) is 33.9 Å². The van der Waals surface area contributed by atoms with Crippen LogP contribution >= 0.6 is 0 Å². The molecule has 0 aliphatic rings. The molecule has 4 aromatic carbocycles. The Morgan fingerprint density at radius 3 is 1.49 bits per heavy atom. The number of aromatic amines is 2. The highest BCUT2D eigenvalue weighted by Gasteiger charge is 2.46. The van der Waals surface area contributed by atoms with Gasteiger partial charge in [0.25, 0.3) is 5.91 Å². The summed E-state index contributed by atoms with van der Waals surface area (Å²) in [4.78, 5) is 31.8. The van der Waals surface area contributed by atoms with Crippen LogP contribution in [0.4, 0.5) is 5.69 Å². The first-order valence-corrected chi connectivity index (χ1v) is 22.1. The fourth-order valence-electron chi connectivity index (χ4n) is 6.82. The van der Waals surface area contributed by atoms with E-state index in [9.17, 15) is 21.6 Å². The molecule has 2 unspecified atom stereocenters. The van der Waals surface area contributed by atoms with Crippen LogP contribution in [0.5, 0.6) is 0 Å². The summed E-state index contributed by atoms with van der Waals surface area (Å²) < 4.78 is 59.3. The van der Waals surface area contributed by atoms with Gasteiger partial charge < -0.3 is 15.3 Å². The molecule has 0 aliphatic carbocycles. The topological polar surface area (TPSA) is 161 Å². The van der Waals surface area contributed by atoms with Crippen LogP contribution in [0, 0.1) is 13.8 Å². The molecule has 0 spiro atoms. The smallest absolute Gasteiger partial charge is 0.255 e. The lowest BCUT2D eigenvalue weighted by Crippen LogP contribution is -2.41. The number of imidazole rings is 2. The van der Waals surface area contributed by atoms with Crippen molar-refractivity contribution in [2.24, 2.45) is 0 Å². The zero-order valence-electron chi connectivity index (χ0n) is 32.6. The monoisotopic (exact) mass is 807 g/mol. The molecule has 6 aromatic rings. The minimum atomic E-state index is -4.36. The standard InChI is InChI=1S/C43H49N7O5S2/c1-5-27-49(28-6-2)29-33-13-17-36(18-14-33)48-41(51)35-15-11-34(12-16-35)30-50(42(39-44-23-24-45-39)56(52,53)37-19-7-31(3)8-20-37)43(40-46-25-26-47-40)57(54,55)38-21-9-32(4)10-22-38/h7-26,42-43H,5-6,27-30H2,1-4H3,(H,44,45)(H,46,47)(H,48,51). The first-order chi connectivity index (χ1) is 27.4. The second-order valence-corrected chi connectivity index (χ2v) is 18.2. The van der Waals surface area contributed by atoms with Crippen molar-refractivity contribution in [3.63, 3.8) is 0 Å². The minimum Gasteiger partial charge on any atom is -0.346 e. The average Bonchev–Trinajstić information content (AvgIpc) is 3.92. The minimum absolute atomic E-state index is 0.00951. The van der Waals surface area contributed by atoms with Gasteiger partial charge in [0.2, 0.25) is 19.7 Å². The quantitative estimate of drug-likeness (QED) is 0.0788. The highest BCUT2D eigenvalue weighted by molar-refractivity contribution is 7.92. The largest absolute Gasteiger partial charge is 0.346 e. The summed E-state index contributed by atoms with van der Waals surface area (Å²) >= 11 is 0. The third-order valence-corrected chi connectivity index (χ3v) is 13.7. The van der Waals surface area contributed by atoms with Gasteiger partial charge in [-0.15, -0.1) is 0 Å². The number of hydrogen-bond acceptors (Lipinski definition) is 9. The Hall–Kier alpha value is -5.41. The lowest BCUT2D eigenvalue weighted by molar-refractivity contribution is 0.102. The second kappa shape index (κ2) is 18.2. The van der Waals surface area contributed by atoms with Gasteiger partial charge in [0.1, 0.15) is 11.6 Å². The Morgan fingerprint density at radius 1 is 0.632 bits per heavy atom. The summed E-state index contributed by atoms with van der Waals surface area (Å²) in [6.45, 7) is 10.8. The molecular formula is C43H49N7O5S2. The Kier molecular flexibility index (Phi) is 13.2. The van der Waals surface area contributed by atoms with Crippen LogP contribution in [0.25, 0.3) is 0 Å². The summed E-state index contributed by atoms with van der Waals surface area (Å²) in [6, 6.07) is 27.3. The number of carbonyl (C=O) groups is 1. The van der Waals surface area contributed by atoms with Crippen molar-refractivity contribution >= 4 is 31.3 Å². The van der Waals surface area contributed by atoms with E-state index in [0.717, 1.165) is 43.6 Å². The number of sulfone groups is 2. The van der Waals surface area contributed by atoms with E-state index in [0.29, 0.717) is 16.8 Å². The van der Waals surface area contributed by atoms with E-state index in [1.165, 1.54) is 59.5 Å². The third-order valence-electron chi connectivity index (χ3n) is 9.67. The first kappa shape index (κ1) is 41.2. The lowest BCUT2D eigenvalue weighted by atomic mass is 10.1. The van der Waals surface area contributed by atoms with Crippen molar-refractivity contribution in [3.8, 4) is 0 Å². The fraction of sp³-hybridized carbons (Fsp3) is 0.279. The van der Waals surface area contributed by atoms with E-state index in [4.69, 9.17) is 0 Å². The molecule has 0 aliphatic heterocycles. The number of nitrogens with one attached hydrogen (secondary N) is 3. The molecule has 12 nitrogen and oxygen atoms in total. The average molecular weight is 808 g/mol. The SMILES string of the molecule is CCCN(CCC)Cc1ccc(NC(=O)c2ccc(CN(C(c3ncc[nH]3)S(=O)(=O)c3ccc(C)cc3)C(c3ncc[nH]3)S(=O)(=O)c3ccc(C)cc3)cc2)cc1. The highest BCUT2D eigenvalue weighted by atomic mass is 32.2. The fourth-order valence-corrected chi connectivity index (χ4v) is 10.4. The number of carbonyl (C=O) groups excluding carboxylic acids is 1. The number of hydrogen-bond donors (Lipinski definition) is 3. The third kappa shape index (κ3) is 9.77. The molecule has 3 N–H and O–H groups in total. The molecular weight excluding hydrogens is 759 g/mol. The molecule has 0 fully saturated rings. The van der Waals surface area contributed by atoms with Crippen LogP contribution in [0.3, 0.4) is 0 Å². The van der Waals surface area contributed by atoms with Crippen molar-refractivity contribution in [1.29, 1.82) is 0 Å². The Balaban J connectivity index is 1.36.